The molecule has 9 heteroatoms. The Balaban J connectivity index is 1.89. The molecule has 0 amide bonds. The van der Waals surface area contributed by atoms with Crippen molar-refractivity contribution >= 4 is 33.3 Å². The van der Waals surface area contributed by atoms with Crippen LogP contribution < -0.4 is 4.72 Å². The van der Waals surface area contributed by atoms with Crippen molar-refractivity contribution in [3.63, 3.8) is 0 Å². The van der Waals surface area contributed by atoms with Crippen LogP contribution in [0.15, 0.2) is 35.9 Å². The van der Waals surface area contributed by atoms with Crippen LogP contribution >= 0.6 is 11.6 Å². The van der Waals surface area contributed by atoms with Gasteiger partial charge in [-0.1, -0.05) is 11.6 Å². The van der Waals surface area contributed by atoms with Crippen LogP contribution in [0.4, 0.5) is 5.69 Å². The molecule has 24 heavy (non-hydrogen) atoms. The van der Waals surface area contributed by atoms with E-state index in [9.17, 15) is 18.3 Å². The zero-order valence-electron chi connectivity index (χ0n) is 12.6. The lowest BCUT2D eigenvalue weighted by Crippen LogP contribution is -2.41. The number of benzene rings is 1. The van der Waals surface area contributed by atoms with Crippen LogP contribution in [0.1, 0.15) is 12.8 Å². The Hall–Kier alpha value is -1.61. The number of sulfonamides is 1. The molecule has 1 unspecified atom stereocenters. The molecule has 1 aromatic rings. The van der Waals surface area contributed by atoms with E-state index >= 15 is 0 Å². The standard InChI is InChI=1S/C15H16ClNO6S/c16-10-1-3-11(4-2-10)17-24(20,21)13-5-6-15(22-7-8-23-15)9-12(13)14(18)19/h1-4,9,13,17H,5-8H2,(H,18,19). The lowest BCUT2D eigenvalue weighted by molar-refractivity contribution is -0.138. The number of carboxylic acids is 1. The minimum Gasteiger partial charge on any atom is -0.478 e. The van der Waals surface area contributed by atoms with Crippen LogP contribution in [-0.2, 0) is 24.3 Å². The highest BCUT2D eigenvalue weighted by Gasteiger charge is 2.45. The molecule has 0 radical (unpaired) electrons. The average Bonchev–Trinajstić information content (AvgIpc) is 2.97. The van der Waals surface area contributed by atoms with Gasteiger partial charge in [0.15, 0.2) is 5.79 Å². The van der Waals surface area contributed by atoms with Crippen molar-refractivity contribution in [3.05, 3.63) is 40.9 Å². The summed E-state index contributed by atoms with van der Waals surface area (Å²) in [6.07, 6.45) is 1.63. The molecule has 2 aliphatic rings. The lowest BCUT2D eigenvalue weighted by atomic mass is 9.94. The monoisotopic (exact) mass is 373 g/mol. The summed E-state index contributed by atoms with van der Waals surface area (Å²) in [5, 5.41) is 8.71. The van der Waals surface area contributed by atoms with Gasteiger partial charge in [-0.15, -0.1) is 0 Å². The first kappa shape index (κ1) is 17.2. The summed E-state index contributed by atoms with van der Waals surface area (Å²) in [5.74, 6) is -2.43. The molecule has 1 saturated heterocycles. The SMILES string of the molecule is O=C(O)C1=CC2(CCC1S(=O)(=O)Nc1ccc(Cl)cc1)OCCO2. The number of ether oxygens (including phenoxy) is 2. The molecule has 1 spiro atoms. The van der Waals surface area contributed by atoms with E-state index < -0.39 is 27.0 Å². The summed E-state index contributed by atoms with van der Waals surface area (Å²) < 4.78 is 38.6. The number of hydrogen-bond acceptors (Lipinski definition) is 5. The molecule has 1 aliphatic heterocycles. The number of halogens is 1. The van der Waals surface area contributed by atoms with Crippen molar-refractivity contribution in [2.45, 2.75) is 23.9 Å². The van der Waals surface area contributed by atoms with Gasteiger partial charge in [-0.3, -0.25) is 4.72 Å². The van der Waals surface area contributed by atoms with E-state index in [1.165, 1.54) is 18.2 Å². The van der Waals surface area contributed by atoms with Gasteiger partial charge in [-0.2, -0.15) is 0 Å². The zero-order valence-corrected chi connectivity index (χ0v) is 14.1. The van der Waals surface area contributed by atoms with Gasteiger partial charge in [0.25, 0.3) is 0 Å². The third-order valence-corrected chi connectivity index (χ3v) is 5.99. The van der Waals surface area contributed by atoms with E-state index in [4.69, 9.17) is 21.1 Å². The number of nitrogens with one attached hydrogen (secondary N) is 1. The minimum absolute atomic E-state index is 0.0844. The first-order valence-corrected chi connectivity index (χ1v) is 9.25. The molecule has 7 nitrogen and oxygen atoms in total. The fraction of sp³-hybridized carbons (Fsp3) is 0.400. The van der Waals surface area contributed by atoms with Crippen molar-refractivity contribution < 1.29 is 27.8 Å². The van der Waals surface area contributed by atoms with Crippen LogP contribution in [0.2, 0.25) is 5.02 Å². The highest BCUT2D eigenvalue weighted by Crippen LogP contribution is 2.37. The second-order valence-corrected chi connectivity index (χ2v) is 7.89. The van der Waals surface area contributed by atoms with E-state index in [2.05, 4.69) is 4.72 Å². The summed E-state index contributed by atoms with van der Waals surface area (Å²) in [5.41, 5.74) is 0.0717. The van der Waals surface area contributed by atoms with Gasteiger partial charge in [-0.25, -0.2) is 13.2 Å². The molecule has 1 fully saturated rings. The number of carboxylic acid groups (broad SMARTS) is 1. The van der Waals surface area contributed by atoms with E-state index in [0.717, 1.165) is 0 Å². The fourth-order valence-electron chi connectivity index (χ4n) is 2.86. The van der Waals surface area contributed by atoms with Crippen molar-refractivity contribution in [1.29, 1.82) is 0 Å². The fourth-order valence-corrected chi connectivity index (χ4v) is 4.53. The van der Waals surface area contributed by atoms with Crippen LogP contribution in [0.5, 0.6) is 0 Å². The van der Waals surface area contributed by atoms with Crippen molar-refractivity contribution in [2.24, 2.45) is 0 Å². The maximum absolute atomic E-state index is 12.6. The minimum atomic E-state index is -3.94. The third-order valence-electron chi connectivity index (χ3n) is 3.98. The summed E-state index contributed by atoms with van der Waals surface area (Å²) in [7, 11) is -3.94. The van der Waals surface area contributed by atoms with Crippen molar-refractivity contribution in [3.8, 4) is 0 Å². The first-order valence-electron chi connectivity index (χ1n) is 7.32. The number of anilines is 1. The van der Waals surface area contributed by atoms with Crippen LogP contribution in [0.3, 0.4) is 0 Å². The van der Waals surface area contributed by atoms with Gasteiger partial charge >= 0.3 is 5.97 Å². The normalized spacial score (nSPS) is 23.0. The largest absolute Gasteiger partial charge is 0.478 e. The lowest BCUT2D eigenvalue weighted by Gasteiger charge is -2.32. The number of hydrogen-bond donors (Lipinski definition) is 2. The molecule has 1 aromatic carbocycles. The Kier molecular flexibility index (Phi) is 4.56. The predicted molar refractivity (Wildman–Crippen MR) is 87.4 cm³/mol. The Morgan fingerprint density at radius 1 is 1.25 bits per heavy atom. The van der Waals surface area contributed by atoms with E-state index in [0.29, 0.717) is 23.9 Å². The molecule has 3 rings (SSSR count). The van der Waals surface area contributed by atoms with Crippen LogP contribution in [0, 0.1) is 0 Å². The molecule has 0 saturated carbocycles. The van der Waals surface area contributed by atoms with E-state index in [-0.39, 0.29) is 18.4 Å². The molecular weight excluding hydrogens is 358 g/mol. The first-order chi connectivity index (χ1) is 11.3. The maximum Gasteiger partial charge on any atom is 0.332 e. The molecule has 130 valence electrons. The Morgan fingerprint density at radius 2 is 1.88 bits per heavy atom. The highest BCUT2D eigenvalue weighted by atomic mass is 35.5. The Labute approximate surface area is 144 Å². The molecule has 2 N–H and O–H groups in total. The quantitative estimate of drug-likeness (QED) is 0.836. The summed E-state index contributed by atoms with van der Waals surface area (Å²) in [6, 6.07) is 6.11. The van der Waals surface area contributed by atoms with Gasteiger partial charge in [0.2, 0.25) is 10.0 Å². The average molecular weight is 374 g/mol. The number of rotatable bonds is 4. The van der Waals surface area contributed by atoms with Gasteiger partial charge in [-0.05, 0) is 36.8 Å². The van der Waals surface area contributed by atoms with E-state index in [1.807, 2.05) is 0 Å². The van der Waals surface area contributed by atoms with E-state index in [1.54, 1.807) is 12.1 Å². The third kappa shape index (κ3) is 3.41. The summed E-state index contributed by atoms with van der Waals surface area (Å²) >= 11 is 5.77. The van der Waals surface area contributed by atoms with Crippen molar-refractivity contribution in [1.82, 2.24) is 0 Å². The van der Waals surface area contributed by atoms with Gasteiger partial charge < -0.3 is 14.6 Å². The number of carbonyl (C=O) groups is 1. The molecule has 1 heterocycles. The zero-order chi connectivity index (χ0) is 17.4. The smallest absolute Gasteiger partial charge is 0.332 e. The highest BCUT2D eigenvalue weighted by molar-refractivity contribution is 7.93. The number of aliphatic carboxylic acids is 1. The van der Waals surface area contributed by atoms with Crippen LogP contribution in [-0.4, -0.2) is 43.7 Å². The molecule has 1 atom stereocenters. The maximum atomic E-state index is 12.6. The summed E-state index contributed by atoms with van der Waals surface area (Å²) in [6.45, 7) is 0.702. The molecule has 1 aliphatic carbocycles. The summed E-state index contributed by atoms with van der Waals surface area (Å²) in [4.78, 5) is 11.6. The topological polar surface area (TPSA) is 102 Å². The van der Waals surface area contributed by atoms with Gasteiger partial charge in [0.05, 0.1) is 18.8 Å². The molecule has 0 aromatic heterocycles. The predicted octanol–water partition coefficient (Wildman–Crippen LogP) is 2.00. The van der Waals surface area contributed by atoms with Gasteiger partial charge in [0.1, 0.15) is 5.25 Å². The molecule has 0 bridgehead atoms. The Morgan fingerprint density at radius 3 is 2.46 bits per heavy atom. The van der Waals surface area contributed by atoms with Gasteiger partial charge in [0, 0.05) is 17.1 Å². The van der Waals surface area contributed by atoms with Crippen LogP contribution in [0.25, 0.3) is 0 Å². The molecular formula is C15H16ClNO6S. The Bertz CT molecular complexity index is 768. The second-order valence-electron chi connectivity index (χ2n) is 5.59. The van der Waals surface area contributed by atoms with Crippen molar-refractivity contribution in [2.75, 3.05) is 17.9 Å². The second kappa shape index (κ2) is 6.36.